The van der Waals surface area contributed by atoms with Crippen LogP contribution in [0.4, 0.5) is 4.39 Å². The highest BCUT2D eigenvalue weighted by molar-refractivity contribution is 5.97. The molecule has 4 atom stereocenters. The van der Waals surface area contributed by atoms with Crippen molar-refractivity contribution >= 4 is 17.7 Å². The Morgan fingerprint density at radius 3 is 2.60 bits per heavy atom. The Hall–Kier alpha value is -3.72. The van der Waals surface area contributed by atoms with Gasteiger partial charge in [-0.15, -0.1) is 6.58 Å². The third-order valence-corrected chi connectivity index (χ3v) is 6.06. The third-order valence-electron chi connectivity index (χ3n) is 6.06. The van der Waals surface area contributed by atoms with Gasteiger partial charge in [-0.05, 0) is 31.0 Å². The number of amides is 3. The highest BCUT2D eigenvalue weighted by Gasteiger charge is 2.43. The van der Waals surface area contributed by atoms with Gasteiger partial charge in [-0.2, -0.15) is 0 Å². The zero-order valence-corrected chi connectivity index (χ0v) is 19.5. The first-order chi connectivity index (χ1) is 16.7. The minimum Gasteiger partial charge on any atom is -0.508 e. The number of phenolic OH excluding ortho intramolecular Hbond substituents is 1. The molecule has 1 saturated heterocycles. The van der Waals surface area contributed by atoms with Gasteiger partial charge in [-0.1, -0.05) is 42.5 Å². The summed E-state index contributed by atoms with van der Waals surface area (Å²) in [6, 6.07) is 11.3. The molecular formula is C26H30FN3O5. The molecule has 8 nitrogen and oxygen atoms in total. The Kier molecular flexibility index (Phi) is 8.59. The first kappa shape index (κ1) is 25.9. The van der Waals surface area contributed by atoms with E-state index in [1.54, 1.807) is 31.2 Å². The number of phenols is 1. The summed E-state index contributed by atoms with van der Waals surface area (Å²) in [6.07, 6.45) is -1.76. The van der Waals surface area contributed by atoms with E-state index in [0.29, 0.717) is 5.56 Å². The normalized spacial score (nSPS) is 19.0. The van der Waals surface area contributed by atoms with E-state index in [9.17, 15) is 29.0 Å². The third kappa shape index (κ3) is 6.24. The molecule has 3 amide bonds. The Balaban J connectivity index is 1.85. The van der Waals surface area contributed by atoms with Crippen molar-refractivity contribution in [2.75, 3.05) is 13.1 Å². The number of carbonyl (C=O) groups is 3. The van der Waals surface area contributed by atoms with Gasteiger partial charge in [0.1, 0.15) is 18.0 Å². The number of nitrogens with zero attached hydrogens (tertiary/aromatic N) is 1. The van der Waals surface area contributed by atoms with Crippen molar-refractivity contribution in [1.29, 1.82) is 0 Å². The maximum atomic E-state index is 14.2. The van der Waals surface area contributed by atoms with Gasteiger partial charge in [0.2, 0.25) is 5.91 Å². The number of hydrogen-bond donors (Lipinski definition) is 4. The summed E-state index contributed by atoms with van der Waals surface area (Å²) in [6.45, 7) is 4.92. The number of halogens is 1. The van der Waals surface area contributed by atoms with Crippen molar-refractivity contribution < 1.29 is 29.0 Å². The predicted molar refractivity (Wildman–Crippen MR) is 128 cm³/mol. The molecule has 0 spiro atoms. The highest BCUT2D eigenvalue weighted by atomic mass is 19.1. The number of likely N-dealkylation sites (tertiary alicyclic amines) is 1. The molecule has 2 aromatic carbocycles. The van der Waals surface area contributed by atoms with Gasteiger partial charge in [0, 0.05) is 24.1 Å². The lowest BCUT2D eigenvalue weighted by atomic mass is 9.98. The molecule has 9 heteroatoms. The van der Waals surface area contributed by atoms with E-state index >= 15 is 0 Å². The highest BCUT2D eigenvalue weighted by Crippen LogP contribution is 2.24. The van der Waals surface area contributed by atoms with Crippen molar-refractivity contribution in [2.45, 2.75) is 44.1 Å². The average molecular weight is 484 g/mol. The molecule has 1 heterocycles. The summed E-state index contributed by atoms with van der Waals surface area (Å²) in [5.74, 6) is -2.04. The lowest BCUT2D eigenvalue weighted by Crippen LogP contribution is -2.55. The van der Waals surface area contributed by atoms with Crippen LogP contribution in [0, 0.1) is 6.92 Å². The summed E-state index contributed by atoms with van der Waals surface area (Å²) in [5.41, 5.74) is 1.29. The van der Waals surface area contributed by atoms with Gasteiger partial charge >= 0.3 is 0 Å². The maximum absolute atomic E-state index is 14.2. The molecular weight excluding hydrogens is 453 g/mol. The second kappa shape index (κ2) is 11.6. The van der Waals surface area contributed by atoms with Crippen LogP contribution in [0.15, 0.2) is 61.2 Å². The Morgan fingerprint density at radius 1 is 1.20 bits per heavy atom. The monoisotopic (exact) mass is 483 g/mol. The van der Waals surface area contributed by atoms with Crippen LogP contribution in [-0.4, -0.2) is 70.3 Å². The standard InChI is InChI=1S/C26H30FN3O5/c1-3-12-28-25(34)21-14-18(27)15-30(21)26(35)23(32)20(13-17-8-5-4-6-9-17)29-24(33)19-10-7-11-22(31)16(19)2/h3-11,18,20-21,23,31-32H,1,12-15H2,2H3,(H,28,34)(H,29,33)/t18-,20+,21-,23+/m1/s1. The second-order valence-electron chi connectivity index (χ2n) is 8.54. The topological polar surface area (TPSA) is 119 Å². The molecule has 3 rings (SSSR count). The fourth-order valence-electron chi connectivity index (χ4n) is 4.13. The van der Waals surface area contributed by atoms with Crippen LogP contribution in [0.1, 0.15) is 27.9 Å². The van der Waals surface area contributed by atoms with Crippen LogP contribution in [0.5, 0.6) is 5.75 Å². The SMILES string of the molecule is C=CCNC(=O)[C@H]1C[C@@H](F)CN1C(=O)[C@@H](O)[C@H](Cc1ccccc1)NC(=O)c1cccc(O)c1C. The fourth-order valence-corrected chi connectivity index (χ4v) is 4.13. The predicted octanol–water partition coefficient (Wildman–Crippen LogP) is 1.64. The van der Waals surface area contributed by atoms with Crippen LogP contribution in [0.2, 0.25) is 0 Å². The summed E-state index contributed by atoms with van der Waals surface area (Å²) in [4.78, 5) is 39.8. The molecule has 0 bridgehead atoms. The van der Waals surface area contributed by atoms with Gasteiger partial charge in [0.25, 0.3) is 11.8 Å². The van der Waals surface area contributed by atoms with Crippen LogP contribution in [-0.2, 0) is 16.0 Å². The number of aromatic hydroxyl groups is 1. The Labute approximate surface area is 203 Å². The van der Waals surface area contributed by atoms with Crippen LogP contribution < -0.4 is 10.6 Å². The molecule has 4 N–H and O–H groups in total. The zero-order valence-electron chi connectivity index (χ0n) is 19.5. The minimum atomic E-state index is -1.74. The molecule has 1 fully saturated rings. The van der Waals surface area contributed by atoms with Crippen molar-refractivity contribution in [3.63, 3.8) is 0 Å². The molecule has 0 aromatic heterocycles. The lowest BCUT2D eigenvalue weighted by Gasteiger charge is -2.30. The van der Waals surface area contributed by atoms with Crippen molar-refractivity contribution in [2.24, 2.45) is 0 Å². The largest absolute Gasteiger partial charge is 0.508 e. The van der Waals surface area contributed by atoms with E-state index < -0.39 is 42.1 Å². The average Bonchev–Trinajstić information content (AvgIpc) is 3.25. The van der Waals surface area contributed by atoms with E-state index in [2.05, 4.69) is 17.2 Å². The number of carbonyl (C=O) groups excluding carboxylic acids is 3. The first-order valence-corrected chi connectivity index (χ1v) is 11.4. The molecule has 1 aliphatic heterocycles. The number of alkyl halides is 1. The van der Waals surface area contributed by atoms with E-state index in [0.717, 1.165) is 10.5 Å². The molecule has 2 aromatic rings. The minimum absolute atomic E-state index is 0.0617. The molecule has 35 heavy (non-hydrogen) atoms. The maximum Gasteiger partial charge on any atom is 0.254 e. The van der Waals surface area contributed by atoms with Gasteiger partial charge in [0.15, 0.2) is 6.10 Å². The number of aliphatic hydroxyl groups is 1. The van der Waals surface area contributed by atoms with Crippen molar-refractivity contribution in [3.05, 3.63) is 77.9 Å². The number of benzene rings is 2. The Bertz CT molecular complexity index is 1080. The van der Waals surface area contributed by atoms with Crippen LogP contribution in [0.3, 0.4) is 0 Å². The van der Waals surface area contributed by atoms with Gasteiger partial charge in [-0.25, -0.2) is 4.39 Å². The lowest BCUT2D eigenvalue weighted by molar-refractivity contribution is -0.146. The smallest absolute Gasteiger partial charge is 0.254 e. The summed E-state index contributed by atoms with van der Waals surface area (Å²) < 4.78 is 14.2. The van der Waals surface area contributed by atoms with Gasteiger partial charge < -0.3 is 25.7 Å². The fraction of sp³-hybridized carbons (Fsp3) is 0.346. The molecule has 0 aliphatic carbocycles. The first-order valence-electron chi connectivity index (χ1n) is 11.4. The van der Waals surface area contributed by atoms with Crippen molar-refractivity contribution in [1.82, 2.24) is 15.5 Å². The molecule has 0 saturated carbocycles. The zero-order chi connectivity index (χ0) is 25.5. The van der Waals surface area contributed by atoms with Crippen LogP contribution >= 0.6 is 0 Å². The van der Waals surface area contributed by atoms with Crippen LogP contribution in [0.25, 0.3) is 0 Å². The number of rotatable bonds is 9. The van der Waals surface area contributed by atoms with E-state index in [-0.39, 0.29) is 37.2 Å². The number of nitrogens with one attached hydrogen (secondary N) is 2. The molecule has 0 unspecified atom stereocenters. The number of hydrogen-bond acceptors (Lipinski definition) is 5. The molecule has 1 aliphatic rings. The van der Waals surface area contributed by atoms with Gasteiger partial charge in [0.05, 0.1) is 12.6 Å². The second-order valence-corrected chi connectivity index (χ2v) is 8.54. The summed E-state index contributed by atoms with van der Waals surface area (Å²) in [7, 11) is 0. The van der Waals surface area contributed by atoms with E-state index in [1.165, 1.54) is 24.3 Å². The Morgan fingerprint density at radius 2 is 1.91 bits per heavy atom. The van der Waals surface area contributed by atoms with E-state index in [4.69, 9.17) is 0 Å². The molecule has 186 valence electrons. The van der Waals surface area contributed by atoms with Crippen molar-refractivity contribution in [3.8, 4) is 5.75 Å². The quantitative estimate of drug-likeness (QED) is 0.405. The summed E-state index contributed by atoms with van der Waals surface area (Å²) >= 11 is 0. The summed E-state index contributed by atoms with van der Waals surface area (Å²) in [5, 5.41) is 26.3. The van der Waals surface area contributed by atoms with Gasteiger partial charge in [-0.3, -0.25) is 14.4 Å². The number of aliphatic hydroxyl groups excluding tert-OH is 1. The van der Waals surface area contributed by atoms with E-state index in [1.807, 2.05) is 6.07 Å². The molecule has 0 radical (unpaired) electrons.